The van der Waals surface area contributed by atoms with Crippen molar-refractivity contribution in [3.05, 3.63) is 65.2 Å². The van der Waals surface area contributed by atoms with E-state index < -0.39 is 6.04 Å². The Balaban J connectivity index is 2.10. The average Bonchev–Trinajstić information content (AvgIpc) is 2.77. The fourth-order valence-electron chi connectivity index (χ4n) is 3.14. The maximum Gasteiger partial charge on any atom is 0.261 e. The Morgan fingerprint density at radius 3 is 2.40 bits per heavy atom. The summed E-state index contributed by atoms with van der Waals surface area (Å²) in [5, 5.41) is 2.93. The van der Waals surface area contributed by atoms with Gasteiger partial charge in [0.1, 0.15) is 11.8 Å². The second-order valence-corrected chi connectivity index (χ2v) is 7.55. The second-order valence-electron chi connectivity index (χ2n) is 7.55. The van der Waals surface area contributed by atoms with E-state index in [2.05, 4.69) is 19.2 Å². The molecule has 0 aliphatic heterocycles. The van der Waals surface area contributed by atoms with Crippen LogP contribution >= 0.6 is 0 Å². The topological polar surface area (TPSA) is 58.6 Å². The molecule has 1 N–H and O–H groups in total. The van der Waals surface area contributed by atoms with Crippen molar-refractivity contribution in [2.45, 2.75) is 59.5 Å². The van der Waals surface area contributed by atoms with Gasteiger partial charge in [0.25, 0.3) is 5.91 Å². The summed E-state index contributed by atoms with van der Waals surface area (Å²) in [6.45, 7) is 8.83. The van der Waals surface area contributed by atoms with Crippen molar-refractivity contribution in [3.63, 3.8) is 0 Å². The van der Waals surface area contributed by atoms with Crippen LogP contribution in [0.5, 0.6) is 5.75 Å². The summed E-state index contributed by atoms with van der Waals surface area (Å²) in [6, 6.07) is 15.1. The van der Waals surface area contributed by atoms with Gasteiger partial charge in [-0.25, -0.2) is 0 Å². The predicted octanol–water partition coefficient (Wildman–Crippen LogP) is 4.27. The molecule has 1 unspecified atom stereocenters. The molecule has 2 amide bonds. The van der Waals surface area contributed by atoms with Crippen molar-refractivity contribution in [1.29, 1.82) is 0 Å². The van der Waals surface area contributed by atoms with Gasteiger partial charge >= 0.3 is 0 Å². The Labute approximate surface area is 180 Å². The molecular weight excluding hydrogens is 376 g/mol. The quantitative estimate of drug-likeness (QED) is 0.563. The van der Waals surface area contributed by atoms with Crippen LogP contribution in [0.15, 0.2) is 48.5 Å². The van der Waals surface area contributed by atoms with Gasteiger partial charge in [-0.15, -0.1) is 0 Å². The van der Waals surface area contributed by atoms with Gasteiger partial charge in [0.05, 0.1) is 0 Å². The number of nitrogens with one attached hydrogen (secondary N) is 1. The highest BCUT2D eigenvalue weighted by molar-refractivity contribution is 5.88. The maximum atomic E-state index is 13.1. The van der Waals surface area contributed by atoms with Crippen molar-refractivity contribution in [2.75, 3.05) is 13.2 Å². The van der Waals surface area contributed by atoms with Gasteiger partial charge < -0.3 is 15.0 Å². The molecule has 30 heavy (non-hydrogen) atoms. The van der Waals surface area contributed by atoms with Crippen LogP contribution in [0.3, 0.4) is 0 Å². The first-order valence-electron chi connectivity index (χ1n) is 10.8. The zero-order valence-electron chi connectivity index (χ0n) is 18.6. The van der Waals surface area contributed by atoms with Gasteiger partial charge in [0.15, 0.2) is 6.61 Å². The monoisotopic (exact) mass is 410 g/mol. The van der Waals surface area contributed by atoms with E-state index in [1.165, 1.54) is 5.56 Å². The number of ether oxygens (including phenoxy) is 1. The number of hydrogen-bond donors (Lipinski definition) is 1. The number of carbonyl (C=O) groups is 2. The van der Waals surface area contributed by atoms with Crippen LogP contribution in [-0.2, 0) is 22.6 Å². The SMILES string of the molecule is CCCCNC(=O)C(C)N(Cc1ccccc1C)C(=O)COc1ccc(CC)cc1. The van der Waals surface area contributed by atoms with Crippen molar-refractivity contribution in [2.24, 2.45) is 0 Å². The van der Waals surface area contributed by atoms with E-state index in [-0.39, 0.29) is 18.4 Å². The first kappa shape index (κ1) is 23.5. The number of rotatable bonds is 11. The minimum Gasteiger partial charge on any atom is -0.484 e. The molecular formula is C25H34N2O3. The number of unbranched alkanes of at least 4 members (excludes halogenated alkanes) is 1. The van der Waals surface area contributed by atoms with Crippen molar-refractivity contribution in [1.82, 2.24) is 10.2 Å². The van der Waals surface area contributed by atoms with E-state index in [1.807, 2.05) is 55.5 Å². The zero-order valence-corrected chi connectivity index (χ0v) is 18.6. The third-order valence-corrected chi connectivity index (χ3v) is 5.29. The van der Waals surface area contributed by atoms with Crippen LogP contribution in [-0.4, -0.2) is 35.9 Å². The van der Waals surface area contributed by atoms with Gasteiger partial charge in [0.2, 0.25) is 5.91 Å². The van der Waals surface area contributed by atoms with Crippen molar-refractivity contribution < 1.29 is 14.3 Å². The second kappa shape index (κ2) is 12.0. The summed E-state index contributed by atoms with van der Waals surface area (Å²) in [4.78, 5) is 27.3. The lowest BCUT2D eigenvalue weighted by molar-refractivity contribution is -0.142. The number of nitrogens with zero attached hydrogens (tertiary/aromatic N) is 1. The lowest BCUT2D eigenvalue weighted by Gasteiger charge is -2.29. The molecule has 0 aliphatic carbocycles. The highest BCUT2D eigenvalue weighted by atomic mass is 16.5. The zero-order chi connectivity index (χ0) is 21.9. The minimum absolute atomic E-state index is 0.107. The highest BCUT2D eigenvalue weighted by Crippen LogP contribution is 2.16. The number of carbonyl (C=O) groups excluding carboxylic acids is 2. The third-order valence-electron chi connectivity index (χ3n) is 5.29. The van der Waals surface area contributed by atoms with Gasteiger partial charge in [-0.1, -0.05) is 56.7 Å². The summed E-state index contributed by atoms with van der Waals surface area (Å²) >= 11 is 0. The minimum atomic E-state index is -0.583. The first-order chi connectivity index (χ1) is 14.5. The van der Waals surface area contributed by atoms with Crippen LogP contribution < -0.4 is 10.1 Å². The molecule has 0 heterocycles. The summed E-state index contributed by atoms with van der Waals surface area (Å²) in [7, 11) is 0. The van der Waals surface area contributed by atoms with Crippen LogP contribution in [0.1, 0.15) is 50.3 Å². The summed E-state index contributed by atoms with van der Waals surface area (Å²) in [6.07, 6.45) is 2.88. The van der Waals surface area contributed by atoms with Gasteiger partial charge in [-0.2, -0.15) is 0 Å². The van der Waals surface area contributed by atoms with Crippen LogP contribution in [0.4, 0.5) is 0 Å². The maximum absolute atomic E-state index is 13.1. The predicted molar refractivity (Wildman–Crippen MR) is 120 cm³/mol. The Bertz CT molecular complexity index is 817. The summed E-state index contributed by atoms with van der Waals surface area (Å²) < 4.78 is 5.72. The molecule has 0 bridgehead atoms. The van der Waals surface area contributed by atoms with Crippen LogP contribution in [0.2, 0.25) is 0 Å². The molecule has 0 aromatic heterocycles. The molecule has 2 aromatic rings. The number of amides is 2. The normalized spacial score (nSPS) is 11.6. The summed E-state index contributed by atoms with van der Waals surface area (Å²) in [5.74, 6) is 0.296. The molecule has 2 aromatic carbocycles. The van der Waals surface area contributed by atoms with Crippen LogP contribution in [0.25, 0.3) is 0 Å². The average molecular weight is 411 g/mol. The molecule has 0 aliphatic rings. The lowest BCUT2D eigenvalue weighted by atomic mass is 10.1. The lowest BCUT2D eigenvalue weighted by Crippen LogP contribution is -2.49. The molecule has 0 spiro atoms. The van der Waals surface area contributed by atoms with E-state index in [4.69, 9.17) is 4.74 Å². The molecule has 5 heteroatoms. The largest absolute Gasteiger partial charge is 0.484 e. The molecule has 2 rings (SSSR count). The first-order valence-corrected chi connectivity index (χ1v) is 10.8. The molecule has 162 valence electrons. The summed E-state index contributed by atoms with van der Waals surface area (Å²) in [5.41, 5.74) is 3.32. The van der Waals surface area contributed by atoms with Gasteiger partial charge in [0, 0.05) is 13.1 Å². The molecule has 1 atom stereocenters. The van der Waals surface area contributed by atoms with E-state index in [9.17, 15) is 9.59 Å². The molecule has 0 saturated carbocycles. The molecule has 0 radical (unpaired) electrons. The Hall–Kier alpha value is -2.82. The van der Waals surface area contributed by atoms with Crippen molar-refractivity contribution >= 4 is 11.8 Å². The standard InChI is InChI=1S/C25H34N2O3/c1-5-7-16-26-25(29)20(4)27(17-22-11-9-8-10-19(22)3)24(28)18-30-23-14-12-21(6-2)13-15-23/h8-15,20H,5-7,16-18H2,1-4H3,(H,26,29). The van der Waals surface area contributed by atoms with Crippen LogP contribution in [0, 0.1) is 6.92 Å². The fourth-order valence-corrected chi connectivity index (χ4v) is 3.14. The van der Waals surface area contributed by atoms with Gasteiger partial charge in [-0.3, -0.25) is 9.59 Å². The van der Waals surface area contributed by atoms with Crippen molar-refractivity contribution in [3.8, 4) is 5.75 Å². The smallest absolute Gasteiger partial charge is 0.261 e. The Morgan fingerprint density at radius 2 is 1.77 bits per heavy atom. The van der Waals surface area contributed by atoms with E-state index in [1.54, 1.807) is 11.8 Å². The van der Waals surface area contributed by atoms with E-state index >= 15 is 0 Å². The Kier molecular flexibility index (Phi) is 9.39. The Morgan fingerprint density at radius 1 is 1.07 bits per heavy atom. The van der Waals surface area contributed by atoms with Gasteiger partial charge in [-0.05, 0) is 55.5 Å². The van der Waals surface area contributed by atoms with E-state index in [0.717, 1.165) is 30.4 Å². The van der Waals surface area contributed by atoms with E-state index in [0.29, 0.717) is 18.8 Å². The molecule has 0 saturated heterocycles. The number of hydrogen-bond acceptors (Lipinski definition) is 3. The number of benzene rings is 2. The highest BCUT2D eigenvalue weighted by Gasteiger charge is 2.26. The fraction of sp³-hybridized carbons (Fsp3) is 0.440. The third kappa shape index (κ3) is 6.90. The molecule has 0 fully saturated rings. The molecule has 5 nitrogen and oxygen atoms in total. The number of aryl methyl sites for hydroxylation is 2.